The van der Waals surface area contributed by atoms with Crippen molar-refractivity contribution < 1.29 is 35.9 Å². The number of hydrogen-bond donors (Lipinski definition) is 1. The number of alkyl halides is 4. The molecule has 16 heteroatoms. The number of amides is 1. The van der Waals surface area contributed by atoms with Crippen LogP contribution >= 0.6 is 11.3 Å². The monoisotopic (exact) mass is 743 g/mol. The van der Waals surface area contributed by atoms with Crippen molar-refractivity contribution in [1.29, 1.82) is 5.26 Å². The second kappa shape index (κ2) is 13.1. The third kappa shape index (κ3) is 5.69. The standard InChI is InChI=1S/C36H35F6N7O2S/c1-4-24-25(9-12-49(24)26(50)5-2)47(3)33-20-13-22(36(40,41)42)28(19-7-8-23(38)31-27(19)21(15-43)32(44)52-31)29(39)30(20)45-34(46-33)51-17-35-10-6-11-48(35)16-18(37)14-35/h5,7-8,13,18,24-25H,2,4,6,9-12,14,16-17,44H2,1,3H3/t18-,24?,25?,35+/m1/s1. The third-order valence-electron chi connectivity index (χ3n) is 10.8. The quantitative estimate of drug-likeness (QED) is 0.149. The van der Waals surface area contributed by atoms with E-state index in [0.717, 1.165) is 24.6 Å². The Labute approximate surface area is 299 Å². The van der Waals surface area contributed by atoms with E-state index in [1.807, 2.05) is 17.9 Å². The van der Waals surface area contributed by atoms with Crippen molar-refractivity contribution in [1.82, 2.24) is 19.8 Å². The predicted molar refractivity (Wildman–Crippen MR) is 186 cm³/mol. The zero-order chi connectivity index (χ0) is 37.3. The number of carbonyl (C=O) groups excluding carboxylic acids is 1. The molecule has 4 atom stereocenters. The number of anilines is 2. The number of nitriles is 1. The molecule has 0 aliphatic carbocycles. The Morgan fingerprint density at radius 2 is 2.06 bits per heavy atom. The molecule has 9 nitrogen and oxygen atoms in total. The van der Waals surface area contributed by atoms with Gasteiger partial charge in [-0.2, -0.15) is 28.4 Å². The number of likely N-dealkylation sites (N-methyl/N-ethyl adjacent to an activating group) is 1. The zero-order valence-electron chi connectivity index (χ0n) is 28.4. The summed E-state index contributed by atoms with van der Waals surface area (Å²) in [5, 5.41) is 9.20. The van der Waals surface area contributed by atoms with Crippen molar-refractivity contribution >= 4 is 49.1 Å². The van der Waals surface area contributed by atoms with E-state index >= 15 is 17.6 Å². The van der Waals surface area contributed by atoms with Crippen molar-refractivity contribution in [2.24, 2.45) is 0 Å². The molecule has 3 fully saturated rings. The maximum Gasteiger partial charge on any atom is 0.417 e. The molecule has 2 aromatic heterocycles. The Kier molecular flexibility index (Phi) is 9.01. The number of carbonyl (C=O) groups is 1. The van der Waals surface area contributed by atoms with Gasteiger partial charge in [-0.1, -0.05) is 19.6 Å². The number of nitrogens with two attached hydrogens (primary N) is 1. The van der Waals surface area contributed by atoms with Gasteiger partial charge in [0.05, 0.1) is 33.4 Å². The lowest BCUT2D eigenvalue weighted by molar-refractivity contribution is -0.137. The largest absolute Gasteiger partial charge is 0.461 e. The molecule has 0 saturated carbocycles. The van der Waals surface area contributed by atoms with Gasteiger partial charge >= 0.3 is 12.2 Å². The van der Waals surface area contributed by atoms with E-state index in [1.165, 1.54) is 6.08 Å². The fourth-order valence-electron chi connectivity index (χ4n) is 8.50. The maximum atomic E-state index is 17.2. The number of hydrogen-bond acceptors (Lipinski definition) is 9. The third-order valence-corrected chi connectivity index (χ3v) is 11.9. The van der Waals surface area contributed by atoms with Gasteiger partial charge < -0.3 is 20.3 Å². The van der Waals surface area contributed by atoms with Crippen LogP contribution in [0.25, 0.3) is 32.1 Å². The minimum Gasteiger partial charge on any atom is -0.461 e. The van der Waals surface area contributed by atoms with E-state index in [4.69, 9.17) is 10.5 Å². The number of rotatable bonds is 8. The van der Waals surface area contributed by atoms with Crippen LogP contribution in [0.15, 0.2) is 30.9 Å². The molecule has 2 N–H and O–H groups in total. The molecular formula is C36H35F6N7O2S. The van der Waals surface area contributed by atoms with Crippen molar-refractivity contribution in [3.8, 4) is 23.2 Å². The lowest BCUT2D eigenvalue weighted by atomic mass is 9.92. The lowest BCUT2D eigenvalue weighted by Crippen LogP contribution is -2.45. The Morgan fingerprint density at radius 1 is 1.29 bits per heavy atom. The van der Waals surface area contributed by atoms with Crippen LogP contribution in [0.4, 0.5) is 37.2 Å². The first kappa shape index (κ1) is 35.8. The van der Waals surface area contributed by atoms with E-state index < -0.39 is 52.2 Å². The summed E-state index contributed by atoms with van der Waals surface area (Å²) in [5.74, 6) is -2.58. The zero-order valence-corrected chi connectivity index (χ0v) is 29.2. The number of halogens is 6. The van der Waals surface area contributed by atoms with Crippen molar-refractivity contribution in [2.45, 2.75) is 69.0 Å². The first-order valence-corrected chi connectivity index (χ1v) is 17.7. The van der Waals surface area contributed by atoms with Crippen LogP contribution in [0.3, 0.4) is 0 Å². The maximum absolute atomic E-state index is 17.2. The van der Waals surface area contributed by atoms with Crippen LogP contribution < -0.4 is 15.4 Å². The first-order valence-electron chi connectivity index (χ1n) is 16.9. The number of ether oxygens (including phenoxy) is 1. The molecule has 0 radical (unpaired) electrons. The Bertz CT molecular complexity index is 2150. The van der Waals surface area contributed by atoms with Crippen LogP contribution in [0.1, 0.15) is 50.2 Å². The molecule has 3 saturated heterocycles. The highest BCUT2D eigenvalue weighted by Crippen LogP contribution is 2.48. The second-order valence-corrected chi connectivity index (χ2v) is 14.7. The first-order chi connectivity index (χ1) is 24.7. The van der Waals surface area contributed by atoms with Crippen molar-refractivity contribution in [3.63, 3.8) is 0 Å². The highest BCUT2D eigenvalue weighted by Gasteiger charge is 2.49. The van der Waals surface area contributed by atoms with Crippen LogP contribution in [0.5, 0.6) is 6.01 Å². The Balaban J connectivity index is 1.45. The van der Waals surface area contributed by atoms with Crippen molar-refractivity contribution in [3.05, 3.63) is 53.6 Å². The smallest absolute Gasteiger partial charge is 0.417 e. The molecule has 3 aliphatic rings. The van der Waals surface area contributed by atoms with Gasteiger partial charge in [0.25, 0.3) is 0 Å². The lowest BCUT2D eigenvalue weighted by Gasteiger charge is -2.34. The SMILES string of the molecule is C=CC(=O)N1CCC(N(C)c2nc(OC[C@@]34CCCN3C[C@H](F)C4)nc3c(F)c(-c4ccc(F)c5sc(N)c(C#N)c45)c(C(F)(F)F)cc23)C1CC. The fraction of sp³-hybridized carbons (Fsp3) is 0.444. The number of likely N-dealkylation sites (tertiary alicyclic amines) is 1. The Hall–Kier alpha value is -4.62. The number of aromatic nitrogens is 2. The molecule has 2 unspecified atom stereocenters. The number of thiophene rings is 1. The average molecular weight is 744 g/mol. The normalized spacial score (nSPS) is 23.4. The molecule has 52 heavy (non-hydrogen) atoms. The molecule has 3 aliphatic heterocycles. The fourth-order valence-corrected chi connectivity index (χ4v) is 9.45. The summed E-state index contributed by atoms with van der Waals surface area (Å²) in [7, 11) is 1.61. The molecule has 5 heterocycles. The number of nitrogens with zero attached hydrogens (tertiary/aromatic N) is 6. The molecule has 0 bridgehead atoms. The van der Waals surface area contributed by atoms with E-state index in [0.29, 0.717) is 43.7 Å². The van der Waals surface area contributed by atoms with Crippen LogP contribution in [-0.4, -0.2) is 82.8 Å². The second-order valence-electron chi connectivity index (χ2n) is 13.6. The molecule has 4 aromatic rings. The minimum atomic E-state index is -5.13. The highest BCUT2D eigenvalue weighted by molar-refractivity contribution is 7.23. The summed E-state index contributed by atoms with van der Waals surface area (Å²) in [6.45, 7) is 6.71. The summed E-state index contributed by atoms with van der Waals surface area (Å²) in [6, 6.07) is 3.34. The average Bonchev–Trinajstić information content (AvgIpc) is 3.87. The predicted octanol–water partition coefficient (Wildman–Crippen LogP) is 7.22. The summed E-state index contributed by atoms with van der Waals surface area (Å²) in [4.78, 5) is 26.9. The Morgan fingerprint density at radius 3 is 2.75 bits per heavy atom. The highest BCUT2D eigenvalue weighted by atomic mass is 32.1. The number of benzene rings is 2. The van der Waals surface area contributed by atoms with Crippen LogP contribution in [0, 0.1) is 23.0 Å². The minimum absolute atomic E-state index is 0.0296. The van der Waals surface area contributed by atoms with Gasteiger partial charge in [0.15, 0.2) is 5.82 Å². The molecule has 1 amide bonds. The van der Waals surface area contributed by atoms with Crippen LogP contribution in [0.2, 0.25) is 0 Å². The van der Waals surface area contributed by atoms with Gasteiger partial charge in [0.2, 0.25) is 5.91 Å². The van der Waals surface area contributed by atoms with Gasteiger partial charge in [-0.05, 0) is 56.0 Å². The summed E-state index contributed by atoms with van der Waals surface area (Å²) >= 11 is 0.676. The van der Waals surface area contributed by atoms with Crippen LogP contribution in [-0.2, 0) is 11.0 Å². The summed E-state index contributed by atoms with van der Waals surface area (Å²) in [5.41, 5.74) is 1.83. The molecule has 2 aromatic carbocycles. The van der Waals surface area contributed by atoms with Crippen molar-refractivity contribution in [2.75, 3.05) is 43.9 Å². The van der Waals surface area contributed by atoms with Gasteiger partial charge in [-0.15, -0.1) is 11.3 Å². The summed E-state index contributed by atoms with van der Waals surface area (Å²) < 4.78 is 97.9. The molecule has 7 rings (SSSR count). The van der Waals surface area contributed by atoms with E-state index in [1.54, 1.807) is 16.8 Å². The van der Waals surface area contributed by atoms with Gasteiger partial charge in [0, 0.05) is 42.9 Å². The number of fused-ring (bicyclic) bond motifs is 3. The van der Waals surface area contributed by atoms with E-state index in [9.17, 15) is 18.8 Å². The van der Waals surface area contributed by atoms with Gasteiger partial charge in [-0.3, -0.25) is 9.69 Å². The van der Waals surface area contributed by atoms with Gasteiger partial charge in [-0.25, -0.2) is 13.2 Å². The number of nitrogen functional groups attached to an aromatic ring is 1. The molecule has 0 spiro atoms. The van der Waals surface area contributed by atoms with E-state index in [2.05, 4.69) is 16.5 Å². The topological polar surface area (TPSA) is 112 Å². The summed E-state index contributed by atoms with van der Waals surface area (Å²) in [6.07, 6.45) is -2.36. The van der Waals surface area contributed by atoms with E-state index in [-0.39, 0.29) is 75.0 Å². The van der Waals surface area contributed by atoms with Gasteiger partial charge in [0.1, 0.15) is 41.0 Å². The molecular weight excluding hydrogens is 708 g/mol. The molecule has 274 valence electrons.